The van der Waals surface area contributed by atoms with Crippen molar-refractivity contribution in [2.75, 3.05) is 11.1 Å². The Balaban J connectivity index is 1.54. The number of fused-ring (bicyclic) bond motifs is 1. The van der Waals surface area contributed by atoms with Crippen molar-refractivity contribution in [3.05, 3.63) is 53.6 Å². The Kier molecular flexibility index (Phi) is 4.67. The van der Waals surface area contributed by atoms with Crippen LogP contribution in [0.25, 0.3) is 11.1 Å². The zero-order chi connectivity index (χ0) is 16.2. The summed E-state index contributed by atoms with van der Waals surface area (Å²) in [5.41, 5.74) is 4.77. The number of thioether (sulfide) groups is 1. The summed E-state index contributed by atoms with van der Waals surface area (Å²) in [7, 11) is 0. The largest absolute Gasteiger partial charge is 0.431 e. The van der Waals surface area contributed by atoms with Gasteiger partial charge in [0.1, 0.15) is 5.52 Å². The van der Waals surface area contributed by atoms with Gasteiger partial charge in [0.25, 0.3) is 5.22 Å². The number of oxazole rings is 1. The lowest BCUT2D eigenvalue weighted by Gasteiger charge is -2.09. The zero-order valence-corrected chi connectivity index (χ0v) is 13.9. The third-order valence-electron chi connectivity index (χ3n) is 3.71. The van der Waals surface area contributed by atoms with E-state index in [0.29, 0.717) is 17.4 Å². The highest BCUT2D eigenvalue weighted by atomic mass is 32.2. The predicted molar refractivity (Wildman–Crippen MR) is 93.9 cm³/mol. The molecule has 0 saturated heterocycles. The lowest BCUT2D eigenvalue weighted by Crippen LogP contribution is -2.13. The third-order valence-corrected chi connectivity index (χ3v) is 4.54. The number of carbonyl (C=O) groups excluding carboxylic acids is 1. The summed E-state index contributed by atoms with van der Waals surface area (Å²) >= 11 is 1.45. The summed E-state index contributed by atoms with van der Waals surface area (Å²) in [6.07, 6.45) is 0.413. The van der Waals surface area contributed by atoms with Crippen molar-refractivity contribution < 1.29 is 9.21 Å². The highest BCUT2D eigenvalue weighted by molar-refractivity contribution is 7.99. The zero-order valence-electron chi connectivity index (χ0n) is 13.1. The van der Waals surface area contributed by atoms with Crippen LogP contribution in [0.15, 0.2) is 52.1 Å². The summed E-state index contributed by atoms with van der Waals surface area (Å²) < 4.78 is 5.62. The number of anilines is 1. The van der Waals surface area contributed by atoms with Crippen LogP contribution in [-0.2, 0) is 4.79 Å². The Bertz CT molecular complexity index is 809. The molecule has 0 bridgehead atoms. The second kappa shape index (κ2) is 6.87. The lowest BCUT2D eigenvalue weighted by atomic mass is 10.1. The number of aryl methyl sites for hydroxylation is 1. The van der Waals surface area contributed by atoms with E-state index in [2.05, 4.69) is 10.3 Å². The second-order valence-corrected chi connectivity index (χ2v) is 6.39. The maximum Gasteiger partial charge on any atom is 0.256 e. The molecule has 1 aromatic heterocycles. The molecule has 0 spiro atoms. The molecule has 2 aromatic carbocycles. The second-order valence-electron chi connectivity index (χ2n) is 5.34. The van der Waals surface area contributed by atoms with Crippen LogP contribution in [-0.4, -0.2) is 16.6 Å². The van der Waals surface area contributed by atoms with Crippen molar-refractivity contribution in [3.8, 4) is 0 Å². The first-order valence-electron chi connectivity index (χ1n) is 7.48. The molecular formula is C18H18N2O2S. The first-order chi connectivity index (χ1) is 11.1. The van der Waals surface area contributed by atoms with E-state index in [1.807, 2.05) is 56.3 Å². The van der Waals surface area contributed by atoms with Gasteiger partial charge in [-0.05, 0) is 43.2 Å². The maximum atomic E-state index is 12.1. The van der Waals surface area contributed by atoms with Crippen molar-refractivity contribution in [1.82, 2.24) is 4.98 Å². The van der Waals surface area contributed by atoms with E-state index in [1.165, 1.54) is 17.3 Å². The number of carbonyl (C=O) groups is 1. The highest BCUT2D eigenvalue weighted by Crippen LogP contribution is 2.24. The van der Waals surface area contributed by atoms with Gasteiger partial charge < -0.3 is 9.73 Å². The molecule has 0 atom stereocenters. The summed E-state index contributed by atoms with van der Waals surface area (Å²) in [6.45, 7) is 4.05. The van der Waals surface area contributed by atoms with E-state index in [1.54, 1.807) is 0 Å². The van der Waals surface area contributed by atoms with E-state index in [4.69, 9.17) is 4.42 Å². The number of aromatic nitrogens is 1. The van der Waals surface area contributed by atoms with Crippen LogP contribution in [0.4, 0.5) is 5.69 Å². The molecule has 0 aliphatic rings. The lowest BCUT2D eigenvalue weighted by molar-refractivity contribution is -0.115. The average Bonchev–Trinajstić information content (AvgIpc) is 2.94. The predicted octanol–water partition coefficient (Wildman–Crippen LogP) is 4.57. The van der Waals surface area contributed by atoms with Gasteiger partial charge in [0.2, 0.25) is 5.91 Å². The molecule has 1 N–H and O–H groups in total. The van der Waals surface area contributed by atoms with Gasteiger partial charge in [-0.15, -0.1) is 0 Å². The van der Waals surface area contributed by atoms with Crippen molar-refractivity contribution in [1.29, 1.82) is 0 Å². The van der Waals surface area contributed by atoms with Gasteiger partial charge in [0, 0.05) is 17.9 Å². The maximum absolute atomic E-state index is 12.1. The fourth-order valence-corrected chi connectivity index (χ4v) is 3.02. The molecular weight excluding hydrogens is 308 g/mol. The number of para-hydroxylation sites is 2. The van der Waals surface area contributed by atoms with E-state index in [0.717, 1.165) is 22.4 Å². The van der Waals surface area contributed by atoms with Crippen molar-refractivity contribution in [3.63, 3.8) is 0 Å². The van der Waals surface area contributed by atoms with Gasteiger partial charge in [-0.1, -0.05) is 36.0 Å². The van der Waals surface area contributed by atoms with Crippen LogP contribution in [0, 0.1) is 13.8 Å². The molecule has 1 heterocycles. The number of hydrogen-bond donors (Lipinski definition) is 1. The topological polar surface area (TPSA) is 55.1 Å². The van der Waals surface area contributed by atoms with Gasteiger partial charge in [-0.25, -0.2) is 4.98 Å². The molecule has 0 aliphatic heterocycles. The molecule has 5 heteroatoms. The molecule has 3 aromatic rings. The quantitative estimate of drug-likeness (QED) is 0.698. The van der Waals surface area contributed by atoms with Gasteiger partial charge in [0.15, 0.2) is 5.58 Å². The monoisotopic (exact) mass is 326 g/mol. The highest BCUT2D eigenvalue weighted by Gasteiger charge is 2.09. The minimum absolute atomic E-state index is 0.00214. The number of amides is 1. The number of benzene rings is 2. The van der Waals surface area contributed by atoms with Gasteiger partial charge in [-0.3, -0.25) is 4.79 Å². The number of nitrogens with one attached hydrogen (secondary N) is 1. The molecule has 0 saturated carbocycles. The van der Waals surface area contributed by atoms with Gasteiger partial charge in [0.05, 0.1) is 0 Å². The Morgan fingerprint density at radius 1 is 1.17 bits per heavy atom. The Morgan fingerprint density at radius 2 is 2.00 bits per heavy atom. The Morgan fingerprint density at radius 3 is 2.83 bits per heavy atom. The average molecular weight is 326 g/mol. The van der Waals surface area contributed by atoms with Crippen LogP contribution < -0.4 is 5.32 Å². The van der Waals surface area contributed by atoms with Crippen molar-refractivity contribution >= 4 is 34.5 Å². The van der Waals surface area contributed by atoms with Crippen LogP contribution in [0.3, 0.4) is 0 Å². The summed E-state index contributed by atoms with van der Waals surface area (Å²) in [6, 6.07) is 13.6. The molecule has 0 unspecified atom stereocenters. The molecule has 23 heavy (non-hydrogen) atoms. The Labute approximate surface area is 139 Å². The van der Waals surface area contributed by atoms with Crippen LogP contribution in [0.2, 0.25) is 0 Å². The summed E-state index contributed by atoms with van der Waals surface area (Å²) in [5, 5.41) is 3.56. The van der Waals surface area contributed by atoms with Crippen molar-refractivity contribution in [2.45, 2.75) is 25.5 Å². The van der Waals surface area contributed by atoms with Crippen LogP contribution in [0.5, 0.6) is 0 Å². The van der Waals surface area contributed by atoms with E-state index in [9.17, 15) is 4.79 Å². The fraction of sp³-hybridized carbons (Fsp3) is 0.222. The van der Waals surface area contributed by atoms with E-state index in [-0.39, 0.29) is 5.91 Å². The number of rotatable bonds is 5. The first-order valence-corrected chi connectivity index (χ1v) is 8.46. The van der Waals surface area contributed by atoms with E-state index >= 15 is 0 Å². The SMILES string of the molecule is Cc1cccc(NC(=O)CCSc2nc3ccccc3o2)c1C. The third kappa shape index (κ3) is 3.74. The fourth-order valence-electron chi connectivity index (χ4n) is 2.24. The molecule has 118 valence electrons. The Hall–Kier alpha value is -2.27. The smallest absolute Gasteiger partial charge is 0.256 e. The van der Waals surface area contributed by atoms with Crippen LogP contribution in [0.1, 0.15) is 17.5 Å². The molecule has 0 radical (unpaired) electrons. The molecule has 3 rings (SSSR count). The standard InChI is InChI=1S/C18H18N2O2S/c1-12-6-5-8-14(13(12)2)19-17(21)10-11-23-18-20-15-7-3-4-9-16(15)22-18/h3-9H,10-11H2,1-2H3,(H,19,21). The molecule has 0 aliphatic carbocycles. The molecule has 0 fully saturated rings. The summed E-state index contributed by atoms with van der Waals surface area (Å²) in [4.78, 5) is 16.4. The van der Waals surface area contributed by atoms with Gasteiger partial charge in [-0.2, -0.15) is 0 Å². The van der Waals surface area contributed by atoms with Crippen molar-refractivity contribution in [2.24, 2.45) is 0 Å². The van der Waals surface area contributed by atoms with Crippen LogP contribution >= 0.6 is 11.8 Å². The minimum atomic E-state index is 0.00214. The minimum Gasteiger partial charge on any atom is -0.431 e. The summed E-state index contributed by atoms with van der Waals surface area (Å²) in [5.74, 6) is 0.631. The normalized spacial score (nSPS) is 10.9. The molecule has 4 nitrogen and oxygen atoms in total. The number of nitrogens with zero attached hydrogens (tertiary/aromatic N) is 1. The van der Waals surface area contributed by atoms with Gasteiger partial charge >= 0.3 is 0 Å². The first kappa shape index (κ1) is 15.6. The number of hydrogen-bond acceptors (Lipinski definition) is 4. The van der Waals surface area contributed by atoms with E-state index < -0.39 is 0 Å². The molecule has 1 amide bonds.